The summed E-state index contributed by atoms with van der Waals surface area (Å²) in [6, 6.07) is -0.0267. The van der Waals surface area contributed by atoms with Crippen LogP contribution < -0.4 is 10.6 Å². The highest BCUT2D eigenvalue weighted by Gasteiger charge is 2.28. The first-order valence-corrected chi connectivity index (χ1v) is 9.53. The van der Waals surface area contributed by atoms with Gasteiger partial charge in [-0.2, -0.15) is 5.10 Å². The Labute approximate surface area is 155 Å². The minimum Gasteiger partial charge on any atom is -0.357 e. The van der Waals surface area contributed by atoms with Crippen molar-refractivity contribution in [1.82, 2.24) is 20.4 Å². The molecule has 0 aromatic carbocycles. The lowest BCUT2D eigenvalue weighted by atomic mass is 10.2. The summed E-state index contributed by atoms with van der Waals surface area (Å²) < 4.78 is 24.8. The van der Waals surface area contributed by atoms with E-state index in [2.05, 4.69) is 20.7 Å². The fourth-order valence-corrected chi connectivity index (χ4v) is 4.17. The van der Waals surface area contributed by atoms with Crippen molar-refractivity contribution in [1.29, 1.82) is 0 Å². The number of rotatable bonds is 6. The van der Waals surface area contributed by atoms with Gasteiger partial charge in [-0.3, -0.25) is 9.67 Å². The second kappa shape index (κ2) is 9.45. The summed E-state index contributed by atoms with van der Waals surface area (Å²) in [7, 11) is -0.962. The molecule has 0 aliphatic carbocycles. The van der Waals surface area contributed by atoms with E-state index in [9.17, 15) is 8.42 Å². The Morgan fingerprint density at radius 1 is 1.52 bits per heavy atom. The molecular formula is C14H26IN5O2S. The number of hydrogen-bond donors (Lipinski definition) is 2. The lowest BCUT2D eigenvalue weighted by Gasteiger charge is -2.15. The molecule has 9 heteroatoms. The van der Waals surface area contributed by atoms with E-state index in [-0.39, 0.29) is 41.5 Å². The van der Waals surface area contributed by atoms with Gasteiger partial charge in [-0.15, -0.1) is 24.0 Å². The smallest absolute Gasteiger partial charge is 0.191 e. The van der Waals surface area contributed by atoms with Gasteiger partial charge in [0.1, 0.15) is 0 Å². The van der Waals surface area contributed by atoms with Crippen LogP contribution in [0.3, 0.4) is 0 Å². The second-order valence-corrected chi connectivity index (χ2v) is 7.86. The predicted molar refractivity (Wildman–Crippen MR) is 103 cm³/mol. The molecule has 2 heterocycles. The third kappa shape index (κ3) is 7.06. The molecule has 0 amide bonds. The summed E-state index contributed by atoms with van der Waals surface area (Å²) >= 11 is 0. The zero-order valence-electron chi connectivity index (χ0n) is 13.7. The molecule has 132 valence electrons. The molecule has 1 aromatic rings. The predicted octanol–water partition coefficient (Wildman–Crippen LogP) is 0.713. The molecule has 1 aliphatic heterocycles. The van der Waals surface area contributed by atoms with Gasteiger partial charge < -0.3 is 10.6 Å². The maximum Gasteiger partial charge on any atom is 0.191 e. The number of guanidine groups is 1. The van der Waals surface area contributed by atoms with Crippen LogP contribution in [0.1, 0.15) is 25.3 Å². The molecule has 0 bridgehead atoms. The van der Waals surface area contributed by atoms with Crippen molar-refractivity contribution in [3.63, 3.8) is 0 Å². The summed E-state index contributed by atoms with van der Waals surface area (Å²) in [5.74, 6) is 1.17. The number of nitrogens with one attached hydrogen (secondary N) is 2. The van der Waals surface area contributed by atoms with Crippen LogP contribution in [0.2, 0.25) is 0 Å². The Hall–Kier alpha value is -0.840. The fourth-order valence-electron chi connectivity index (χ4n) is 2.50. The summed E-state index contributed by atoms with van der Waals surface area (Å²) in [5, 5.41) is 10.5. The summed E-state index contributed by atoms with van der Waals surface area (Å²) in [5.41, 5.74) is 1.21. The molecule has 1 aromatic heterocycles. The number of halogens is 1. The molecule has 2 rings (SSSR count). The topological polar surface area (TPSA) is 88.4 Å². The molecule has 0 spiro atoms. The molecule has 23 heavy (non-hydrogen) atoms. The summed E-state index contributed by atoms with van der Waals surface area (Å²) in [4.78, 5) is 4.52. The standard InChI is InChI=1S/C14H25N5O2S.HI/c1-3-15-14(18-13-6-8-22(20,21)11-13)16-7-4-5-12-9-17-19(2)10-12;/h9-10,13H,3-8,11H2,1-2H3,(H2,15,16,18);1H. The van der Waals surface area contributed by atoms with E-state index in [4.69, 9.17) is 0 Å². The van der Waals surface area contributed by atoms with E-state index in [1.54, 1.807) is 4.68 Å². The zero-order chi connectivity index (χ0) is 16.0. The van der Waals surface area contributed by atoms with Crippen LogP contribution in [0.4, 0.5) is 0 Å². The Kier molecular flexibility index (Phi) is 8.31. The van der Waals surface area contributed by atoms with E-state index in [0.717, 1.165) is 19.4 Å². The van der Waals surface area contributed by atoms with Crippen LogP contribution in [0.25, 0.3) is 0 Å². The number of aliphatic imine (C=N–C) groups is 1. The minimum atomic E-state index is -2.87. The van der Waals surface area contributed by atoms with Crippen LogP contribution >= 0.6 is 24.0 Å². The Bertz CT molecular complexity index is 614. The van der Waals surface area contributed by atoms with E-state index < -0.39 is 9.84 Å². The zero-order valence-corrected chi connectivity index (χ0v) is 16.8. The van der Waals surface area contributed by atoms with Crippen molar-refractivity contribution >= 4 is 39.8 Å². The van der Waals surface area contributed by atoms with E-state index >= 15 is 0 Å². The molecule has 1 fully saturated rings. The molecule has 0 saturated carbocycles. The van der Waals surface area contributed by atoms with Crippen molar-refractivity contribution in [3.05, 3.63) is 18.0 Å². The van der Waals surface area contributed by atoms with Gasteiger partial charge in [-0.05, 0) is 31.7 Å². The van der Waals surface area contributed by atoms with Crippen molar-refractivity contribution in [2.45, 2.75) is 32.2 Å². The van der Waals surface area contributed by atoms with Crippen molar-refractivity contribution in [3.8, 4) is 0 Å². The quantitative estimate of drug-likeness (QED) is 0.286. The van der Waals surface area contributed by atoms with Gasteiger partial charge in [0.15, 0.2) is 15.8 Å². The monoisotopic (exact) mass is 455 g/mol. The maximum absolute atomic E-state index is 11.5. The molecule has 1 unspecified atom stereocenters. The van der Waals surface area contributed by atoms with E-state index in [1.807, 2.05) is 26.4 Å². The number of nitrogens with zero attached hydrogens (tertiary/aromatic N) is 3. The third-order valence-corrected chi connectivity index (χ3v) is 5.34. The van der Waals surface area contributed by atoms with Crippen molar-refractivity contribution in [2.75, 3.05) is 24.6 Å². The van der Waals surface area contributed by atoms with E-state index in [1.165, 1.54) is 5.56 Å². The average Bonchev–Trinajstić information content (AvgIpc) is 3.00. The molecule has 2 N–H and O–H groups in total. The van der Waals surface area contributed by atoms with Gasteiger partial charge in [0.2, 0.25) is 0 Å². The second-order valence-electron chi connectivity index (χ2n) is 5.63. The average molecular weight is 455 g/mol. The van der Waals surface area contributed by atoms with Gasteiger partial charge >= 0.3 is 0 Å². The number of sulfone groups is 1. The van der Waals surface area contributed by atoms with Gasteiger partial charge in [0.25, 0.3) is 0 Å². The van der Waals surface area contributed by atoms with Crippen LogP contribution in [-0.2, 0) is 23.3 Å². The molecule has 1 saturated heterocycles. The third-order valence-electron chi connectivity index (χ3n) is 3.57. The van der Waals surface area contributed by atoms with Crippen LogP contribution in [0, 0.1) is 0 Å². The minimum absolute atomic E-state index is 0. The lowest BCUT2D eigenvalue weighted by molar-refractivity contribution is 0.599. The Morgan fingerprint density at radius 3 is 2.87 bits per heavy atom. The maximum atomic E-state index is 11.5. The van der Waals surface area contributed by atoms with Gasteiger partial charge in [0, 0.05) is 32.4 Å². The normalized spacial score (nSPS) is 20.1. The van der Waals surface area contributed by atoms with Crippen molar-refractivity contribution in [2.24, 2.45) is 12.0 Å². The van der Waals surface area contributed by atoms with Gasteiger partial charge in [-0.1, -0.05) is 0 Å². The SMILES string of the molecule is CCNC(=NCCCc1cnn(C)c1)NC1CCS(=O)(=O)C1.I. The van der Waals surface area contributed by atoms with Gasteiger partial charge in [0.05, 0.1) is 17.7 Å². The highest BCUT2D eigenvalue weighted by Crippen LogP contribution is 2.11. The van der Waals surface area contributed by atoms with Crippen LogP contribution in [0.5, 0.6) is 0 Å². The Morgan fingerprint density at radius 2 is 2.30 bits per heavy atom. The van der Waals surface area contributed by atoms with Crippen molar-refractivity contribution < 1.29 is 8.42 Å². The molecule has 1 atom stereocenters. The largest absolute Gasteiger partial charge is 0.357 e. The first-order chi connectivity index (χ1) is 10.5. The van der Waals surface area contributed by atoms with Crippen LogP contribution in [-0.4, -0.2) is 54.8 Å². The number of aromatic nitrogens is 2. The first kappa shape index (κ1) is 20.2. The summed E-state index contributed by atoms with van der Waals surface area (Å²) in [6.45, 7) is 3.45. The molecular weight excluding hydrogens is 429 g/mol. The Balaban J connectivity index is 0.00000264. The molecule has 0 radical (unpaired) electrons. The summed E-state index contributed by atoms with van der Waals surface area (Å²) in [6.07, 6.45) is 6.41. The lowest BCUT2D eigenvalue weighted by Crippen LogP contribution is -2.44. The highest BCUT2D eigenvalue weighted by atomic mass is 127. The number of aryl methyl sites for hydroxylation is 2. The first-order valence-electron chi connectivity index (χ1n) is 7.71. The highest BCUT2D eigenvalue weighted by molar-refractivity contribution is 14.0. The van der Waals surface area contributed by atoms with Gasteiger partial charge in [-0.25, -0.2) is 8.42 Å². The molecule has 7 nitrogen and oxygen atoms in total. The number of hydrogen-bond acceptors (Lipinski definition) is 4. The van der Waals surface area contributed by atoms with E-state index in [0.29, 0.717) is 18.9 Å². The van der Waals surface area contributed by atoms with Crippen LogP contribution in [0.15, 0.2) is 17.4 Å². The molecule has 1 aliphatic rings. The fraction of sp³-hybridized carbons (Fsp3) is 0.714.